The fourth-order valence-electron chi connectivity index (χ4n) is 8.40. The van der Waals surface area contributed by atoms with Gasteiger partial charge in [-0.3, -0.25) is 4.98 Å². The second-order valence-corrected chi connectivity index (χ2v) is 16.3. The Bertz CT molecular complexity index is 2210. The summed E-state index contributed by atoms with van der Waals surface area (Å²) in [7, 11) is 2.26. The third-order valence-electron chi connectivity index (χ3n) is 12.0. The summed E-state index contributed by atoms with van der Waals surface area (Å²) in [6.07, 6.45) is 2.08. The van der Waals surface area contributed by atoms with Crippen molar-refractivity contribution in [1.29, 1.82) is 0 Å². The van der Waals surface area contributed by atoms with Crippen LogP contribution < -0.4 is 4.57 Å². The first-order valence-corrected chi connectivity index (χ1v) is 17.6. The van der Waals surface area contributed by atoms with Crippen molar-refractivity contribution < 1.29 is 4.57 Å². The van der Waals surface area contributed by atoms with Crippen molar-refractivity contribution in [1.82, 2.24) is 9.38 Å². The van der Waals surface area contributed by atoms with Crippen molar-refractivity contribution in [3.8, 4) is 22.4 Å². The summed E-state index contributed by atoms with van der Waals surface area (Å²) >= 11 is 0. The van der Waals surface area contributed by atoms with Crippen LogP contribution in [0.2, 0.25) is 0 Å². The Morgan fingerprint density at radius 2 is 1.36 bits per heavy atom. The van der Waals surface area contributed by atoms with E-state index >= 15 is 0 Å². The Hall–Kier alpha value is -3.98. The van der Waals surface area contributed by atoms with Crippen molar-refractivity contribution in [3.63, 3.8) is 0 Å². The maximum atomic E-state index is 5.28. The van der Waals surface area contributed by atoms with E-state index in [4.69, 9.17) is 4.98 Å². The average Bonchev–Trinajstić information content (AvgIpc) is 3.34. The fourth-order valence-corrected chi connectivity index (χ4v) is 8.40. The van der Waals surface area contributed by atoms with Crippen LogP contribution in [0, 0.1) is 13.8 Å². The molecule has 3 aromatic heterocycles. The van der Waals surface area contributed by atoms with Gasteiger partial charge in [-0.1, -0.05) is 112 Å². The molecular formula is C44H52N3+. The SMILES string of the molecule is Cc1cnc2c3cc(-c4c(C(C)C)cc(C(C)C)cc4C(C)C)cc4c3n3c(c(-c5ccccc5)[n+](C)c3c2c1C)C(C)(C)C4(C)C. The van der Waals surface area contributed by atoms with E-state index < -0.39 is 0 Å². The highest BCUT2D eigenvalue weighted by Gasteiger charge is 2.53. The molecular weight excluding hydrogens is 571 g/mol. The Kier molecular flexibility index (Phi) is 7.07. The van der Waals surface area contributed by atoms with Crippen LogP contribution in [0.25, 0.3) is 49.8 Å². The second-order valence-electron chi connectivity index (χ2n) is 16.3. The van der Waals surface area contributed by atoms with E-state index in [0.29, 0.717) is 17.8 Å². The normalized spacial score (nSPS) is 15.4. The molecule has 3 heteroatoms. The highest BCUT2D eigenvalue weighted by Crippen LogP contribution is 2.55. The Labute approximate surface area is 281 Å². The van der Waals surface area contributed by atoms with Crippen LogP contribution in [0.4, 0.5) is 0 Å². The number of fused-ring (bicyclic) bond motifs is 3. The van der Waals surface area contributed by atoms with Gasteiger partial charge in [0, 0.05) is 33.5 Å². The summed E-state index contributed by atoms with van der Waals surface area (Å²) in [6, 6.07) is 21.0. The van der Waals surface area contributed by atoms with Crippen LogP contribution in [0.1, 0.15) is 126 Å². The number of aryl methyl sites for hydroxylation is 3. The van der Waals surface area contributed by atoms with E-state index in [-0.39, 0.29) is 10.8 Å². The van der Waals surface area contributed by atoms with Crippen molar-refractivity contribution in [2.45, 2.75) is 112 Å². The molecule has 1 aliphatic heterocycles. The van der Waals surface area contributed by atoms with Crippen molar-refractivity contribution in [3.05, 3.63) is 99.9 Å². The highest BCUT2D eigenvalue weighted by atomic mass is 15.1. The minimum absolute atomic E-state index is 0.166. The average molecular weight is 623 g/mol. The molecule has 242 valence electrons. The molecule has 0 bridgehead atoms. The van der Waals surface area contributed by atoms with Crippen LogP contribution in [-0.4, -0.2) is 9.38 Å². The quantitative estimate of drug-likeness (QED) is 0.138. The number of rotatable bonds is 5. The summed E-state index contributed by atoms with van der Waals surface area (Å²) in [4.78, 5) is 5.28. The molecule has 4 heterocycles. The van der Waals surface area contributed by atoms with Crippen LogP contribution in [0.15, 0.2) is 60.8 Å². The van der Waals surface area contributed by atoms with E-state index in [2.05, 4.69) is 160 Å². The monoisotopic (exact) mass is 622 g/mol. The van der Waals surface area contributed by atoms with E-state index in [1.165, 1.54) is 83.4 Å². The van der Waals surface area contributed by atoms with Gasteiger partial charge in [0.05, 0.1) is 18.0 Å². The van der Waals surface area contributed by atoms with E-state index in [9.17, 15) is 0 Å². The van der Waals surface area contributed by atoms with E-state index in [1.807, 2.05) is 0 Å². The molecule has 0 unspecified atom stereocenters. The summed E-state index contributed by atoms with van der Waals surface area (Å²) in [5.74, 6) is 1.29. The molecule has 0 atom stereocenters. The molecule has 0 amide bonds. The summed E-state index contributed by atoms with van der Waals surface area (Å²) < 4.78 is 5.09. The largest absolute Gasteiger partial charge is 0.297 e. The Morgan fingerprint density at radius 1 is 0.745 bits per heavy atom. The molecule has 0 spiro atoms. The van der Waals surface area contributed by atoms with Crippen LogP contribution in [-0.2, 0) is 17.9 Å². The molecule has 6 aromatic rings. The van der Waals surface area contributed by atoms with E-state index in [1.54, 1.807) is 0 Å². The molecule has 0 saturated carbocycles. The minimum atomic E-state index is -0.178. The number of nitrogens with zero attached hydrogens (tertiary/aromatic N) is 3. The van der Waals surface area contributed by atoms with Gasteiger partial charge in [0.25, 0.3) is 5.65 Å². The maximum Gasteiger partial charge on any atom is 0.297 e. The molecule has 47 heavy (non-hydrogen) atoms. The number of benzene rings is 3. The fraction of sp³-hybridized carbons (Fsp3) is 0.409. The summed E-state index contributed by atoms with van der Waals surface area (Å²) in [6.45, 7) is 28.4. The second kappa shape index (κ2) is 10.5. The molecule has 3 aromatic carbocycles. The van der Waals surface area contributed by atoms with Gasteiger partial charge in [0.1, 0.15) is 5.52 Å². The molecule has 0 N–H and O–H groups in total. The lowest BCUT2D eigenvalue weighted by atomic mass is 9.59. The lowest BCUT2D eigenvalue weighted by Crippen LogP contribution is -2.44. The number of imidazole rings is 1. The van der Waals surface area contributed by atoms with Crippen LogP contribution in [0.3, 0.4) is 0 Å². The maximum absolute atomic E-state index is 5.28. The van der Waals surface area contributed by atoms with Crippen LogP contribution in [0.5, 0.6) is 0 Å². The smallest absolute Gasteiger partial charge is 0.255 e. The molecule has 1 aliphatic rings. The van der Waals surface area contributed by atoms with Gasteiger partial charge < -0.3 is 0 Å². The van der Waals surface area contributed by atoms with Crippen molar-refractivity contribution in [2.75, 3.05) is 0 Å². The number of pyridine rings is 2. The predicted molar refractivity (Wildman–Crippen MR) is 200 cm³/mol. The number of hydrogen-bond donors (Lipinski definition) is 0. The van der Waals surface area contributed by atoms with Gasteiger partial charge in [-0.2, -0.15) is 4.40 Å². The zero-order valence-electron chi connectivity index (χ0n) is 30.8. The zero-order valence-corrected chi connectivity index (χ0v) is 30.8. The number of aromatic nitrogens is 3. The first-order chi connectivity index (χ1) is 22.1. The van der Waals surface area contributed by atoms with Crippen LogP contribution >= 0.6 is 0 Å². The first-order valence-electron chi connectivity index (χ1n) is 17.6. The van der Waals surface area contributed by atoms with E-state index in [0.717, 1.165) is 5.52 Å². The van der Waals surface area contributed by atoms with Gasteiger partial charge >= 0.3 is 0 Å². The third-order valence-corrected chi connectivity index (χ3v) is 12.0. The van der Waals surface area contributed by atoms with Gasteiger partial charge in [-0.15, -0.1) is 0 Å². The van der Waals surface area contributed by atoms with Gasteiger partial charge in [-0.05, 0) is 82.7 Å². The number of hydrogen-bond acceptors (Lipinski definition) is 1. The highest BCUT2D eigenvalue weighted by molar-refractivity contribution is 6.13. The van der Waals surface area contributed by atoms with Crippen molar-refractivity contribution in [2.24, 2.45) is 7.05 Å². The van der Waals surface area contributed by atoms with Crippen molar-refractivity contribution >= 4 is 27.5 Å². The third kappa shape index (κ3) is 4.24. The molecule has 0 fully saturated rings. The molecule has 0 aliphatic carbocycles. The molecule has 0 saturated heterocycles. The molecule has 3 nitrogen and oxygen atoms in total. The Morgan fingerprint density at radius 3 is 1.94 bits per heavy atom. The standard InChI is InChI=1S/C44H52N3/c1-24(2)30-19-32(25(3)4)37(33(20-30)26(5)6)31-21-34-38-36(28(8)27(7)23-45-38)42-46(13)39(29-17-15-14-16-18-29)41-44(11,12)43(9,10)35(22-31)40(34)47(41)42/h14-26H,1-13H3/q+1. The lowest BCUT2D eigenvalue weighted by Gasteiger charge is -2.43. The Balaban J connectivity index is 1.77. The summed E-state index contributed by atoms with van der Waals surface area (Å²) in [5, 5.41) is 2.51. The van der Waals surface area contributed by atoms with Gasteiger partial charge in [0.2, 0.25) is 0 Å². The topological polar surface area (TPSA) is 21.2 Å². The lowest BCUT2D eigenvalue weighted by molar-refractivity contribution is -0.632. The molecule has 7 rings (SSSR count). The van der Waals surface area contributed by atoms with Gasteiger partial charge in [-0.25, -0.2) is 4.57 Å². The predicted octanol–water partition coefficient (Wildman–Crippen LogP) is 11.4. The molecule has 0 radical (unpaired) electrons. The minimum Gasteiger partial charge on any atom is -0.255 e. The zero-order chi connectivity index (χ0) is 33.9. The first kappa shape index (κ1) is 31.6. The van der Waals surface area contributed by atoms with Gasteiger partial charge in [0.15, 0.2) is 11.4 Å². The summed E-state index contributed by atoms with van der Waals surface area (Å²) in [5.41, 5.74) is 18.2.